The van der Waals surface area contributed by atoms with Gasteiger partial charge in [-0.1, -0.05) is 23.2 Å². The third-order valence-electron chi connectivity index (χ3n) is 2.32. The molecule has 0 amide bonds. The molecule has 0 bridgehead atoms. The molecule has 2 N–H and O–H groups in total. The van der Waals surface area contributed by atoms with Crippen LogP contribution in [0, 0.1) is 0 Å². The lowest BCUT2D eigenvalue weighted by Gasteiger charge is -2.10. The van der Waals surface area contributed by atoms with Crippen molar-refractivity contribution in [1.29, 1.82) is 0 Å². The third-order valence-corrected chi connectivity index (χ3v) is 5.59. The lowest BCUT2D eigenvalue weighted by molar-refractivity contribution is 0.0697. The summed E-state index contributed by atoms with van der Waals surface area (Å²) in [6.45, 7) is -0.359. The molecule has 7 nitrogen and oxygen atoms in total. The molecule has 0 atom stereocenters. The van der Waals surface area contributed by atoms with E-state index in [1.807, 2.05) is 4.72 Å². The highest BCUT2D eigenvalue weighted by Crippen LogP contribution is 2.30. The lowest BCUT2D eigenvalue weighted by atomic mass is 10.2. The molecule has 1 aromatic rings. The second-order valence-corrected chi connectivity index (χ2v) is 8.85. The maximum Gasteiger partial charge on any atom is 0.338 e. The highest BCUT2D eigenvalue weighted by Gasteiger charge is 2.24. The van der Waals surface area contributed by atoms with Crippen LogP contribution in [-0.4, -0.2) is 46.5 Å². The number of benzene rings is 1. The van der Waals surface area contributed by atoms with Crippen molar-refractivity contribution >= 4 is 49.0 Å². The Hall–Kier alpha value is -0.870. The van der Waals surface area contributed by atoms with Crippen LogP contribution in [0.5, 0.6) is 0 Å². The van der Waals surface area contributed by atoms with E-state index >= 15 is 0 Å². The molecule has 0 aromatic heterocycles. The molecule has 11 heteroatoms. The Labute approximate surface area is 131 Å². The minimum Gasteiger partial charge on any atom is -0.478 e. The molecular weight excluding hydrogens is 365 g/mol. The fourth-order valence-corrected chi connectivity index (χ4v) is 3.93. The van der Waals surface area contributed by atoms with Crippen LogP contribution in [0.4, 0.5) is 0 Å². The zero-order chi connectivity index (χ0) is 16.4. The number of rotatable bonds is 6. The number of halogens is 2. The van der Waals surface area contributed by atoms with E-state index in [0.29, 0.717) is 0 Å². The van der Waals surface area contributed by atoms with Gasteiger partial charge >= 0.3 is 5.97 Å². The first-order valence-corrected chi connectivity index (χ1v) is 9.64. The van der Waals surface area contributed by atoms with Gasteiger partial charge in [-0.25, -0.2) is 26.4 Å². The summed E-state index contributed by atoms with van der Waals surface area (Å²) in [5, 5.41) is 8.21. The SMILES string of the molecule is CS(=O)(=O)CCNS(=O)(=O)c1ccc(Cl)c(C(=O)O)c1Cl. The Kier molecular flexibility index (Phi) is 5.62. The van der Waals surface area contributed by atoms with E-state index in [4.69, 9.17) is 28.3 Å². The number of aromatic carboxylic acids is 1. The fraction of sp³-hybridized carbons (Fsp3) is 0.300. The van der Waals surface area contributed by atoms with Gasteiger partial charge in [0.05, 0.1) is 21.4 Å². The molecule has 0 aliphatic heterocycles. The summed E-state index contributed by atoms with van der Waals surface area (Å²) >= 11 is 11.4. The Morgan fingerprint density at radius 1 is 1.24 bits per heavy atom. The molecule has 0 fully saturated rings. The molecule has 0 saturated carbocycles. The van der Waals surface area contributed by atoms with E-state index < -0.39 is 47.1 Å². The first-order valence-electron chi connectivity index (χ1n) is 5.34. The van der Waals surface area contributed by atoms with E-state index in [1.54, 1.807) is 0 Å². The summed E-state index contributed by atoms with van der Waals surface area (Å²) in [5.41, 5.74) is -0.538. The number of carboxylic acid groups (broad SMARTS) is 1. The second-order valence-electron chi connectivity index (χ2n) is 4.07. The van der Waals surface area contributed by atoms with Gasteiger partial charge in [0.1, 0.15) is 14.7 Å². The average Bonchev–Trinajstić information content (AvgIpc) is 2.25. The lowest BCUT2D eigenvalue weighted by Crippen LogP contribution is -2.29. The first-order chi connectivity index (χ1) is 9.46. The molecule has 0 aliphatic carbocycles. The van der Waals surface area contributed by atoms with E-state index in [-0.39, 0.29) is 11.6 Å². The summed E-state index contributed by atoms with van der Waals surface area (Å²) in [6, 6.07) is 2.13. The minimum atomic E-state index is -4.15. The van der Waals surface area contributed by atoms with Crippen LogP contribution < -0.4 is 4.72 Å². The number of nitrogens with one attached hydrogen (secondary N) is 1. The van der Waals surface area contributed by atoms with Crippen molar-refractivity contribution in [3.8, 4) is 0 Å². The van der Waals surface area contributed by atoms with E-state index in [1.165, 1.54) is 0 Å². The topological polar surface area (TPSA) is 118 Å². The van der Waals surface area contributed by atoms with E-state index in [2.05, 4.69) is 0 Å². The van der Waals surface area contributed by atoms with Crippen molar-refractivity contribution in [1.82, 2.24) is 4.72 Å². The second kappa shape index (κ2) is 6.49. The van der Waals surface area contributed by atoms with Crippen LogP contribution in [0.3, 0.4) is 0 Å². The predicted molar refractivity (Wildman–Crippen MR) is 78.3 cm³/mol. The molecule has 0 spiro atoms. The number of hydrogen-bond acceptors (Lipinski definition) is 5. The minimum absolute atomic E-state index is 0.206. The summed E-state index contributed by atoms with van der Waals surface area (Å²) in [5.74, 6) is -1.87. The Balaban J connectivity index is 3.15. The van der Waals surface area contributed by atoms with Gasteiger partial charge in [0.15, 0.2) is 0 Å². The van der Waals surface area contributed by atoms with Gasteiger partial charge in [-0.15, -0.1) is 0 Å². The Bertz CT molecular complexity index is 773. The summed E-state index contributed by atoms with van der Waals surface area (Å²) < 4.78 is 47.9. The van der Waals surface area contributed by atoms with Crippen LogP contribution in [0.2, 0.25) is 10.0 Å². The molecule has 0 unspecified atom stereocenters. The third kappa shape index (κ3) is 4.82. The monoisotopic (exact) mass is 375 g/mol. The van der Waals surface area contributed by atoms with Crippen molar-refractivity contribution in [3.63, 3.8) is 0 Å². The van der Waals surface area contributed by atoms with Crippen LogP contribution in [-0.2, 0) is 19.9 Å². The molecule has 0 aliphatic rings. The van der Waals surface area contributed by atoms with Crippen molar-refractivity contribution in [2.24, 2.45) is 0 Å². The fourth-order valence-electron chi connectivity index (χ4n) is 1.38. The van der Waals surface area contributed by atoms with Crippen molar-refractivity contribution < 1.29 is 26.7 Å². The molecule has 1 aromatic carbocycles. The summed E-state index contributed by atoms with van der Waals surface area (Å²) in [4.78, 5) is 10.5. The van der Waals surface area contributed by atoms with Gasteiger partial charge in [-0.05, 0) is 12.1 Å². The van der Waals surface area contributed by atoms with Gasteiger partial charge in [0.25, 0.3) is 0 Å². The summed E-state index contributed by atoms with van der Waals surface area (Å²) in [7, 11) is -7.50. The molecule has 21 heavy (non-hydrogen) atoms. The van der Waals surface area contributed by atoms with Gasteiger partial charge in [-0.2, -0.15) is 0 Å². The largest absolute Gasteiger partial charge is 0.478 e. The number of carboxylic acids is 1. The Morgan fingerprint density at radius 3 is 2.29 bits per heavy atom. The van der Waals surface area contributed by atoms with Crippen LogP contribution >= 0.6 is 23.2 Å². The van der Waals surface area contributed by atoms with Crippen LogP contribution in [0.1, 0.15) is 10.4 Å². The number of hydrogen-bond donors (Lipinski definition) is 2. The van der Waals surface area contributed by atoms with Crippen molar-refractivity contribution in [2.45, 2.75) is 4.90 Å². The predicted octanol–water partition coefficient (Wildman–Crippen LogP) is 1.01. The number of sulfone groups is 1. The highest BCUT2D eigenvalue weighted by atomic mass is 35.5. The molecule has 118 valence electrons. The normalized spacial score (nSPS) is 12.3. The molecule has 0 radical (unpaired) electrons. The average molecular weight is 376 g/mol. The molecule has 1 rings (SSSR count). The maximum atomic E-state index is 12.0. The van der Waals surface area contributed by atoms with Crippen LogP contribution in [0.25, 0.3) is 0 Å². The Morgan fingerprint density at radius 2 is 1.81 bits per heavy atom. The quantitative estimate of drug-likeness (QED) is 0.765. The molecular formula is C10H11Cl2NO6S2. The number of carbonyl (C=O) groups is 1. The number of sulfonamides is 1. The first kappa shape index (κ1) is 18.2. The van der Waals surface area contributed by atoms with Crippen molar-refractivity contribution in [2.75, 3.05) is 18.6 Å². The van der Waals surface area contributed by atoms with Gasteiger partial charge in [-0.3, -0.25) is 0 Å². The maximum absolute atomic E-state index is 12.0. The standard InChI is InChI=1S/C10H11Cl2NO6S2/c1-20(16,17)5-4-13-21(18,19)7-3-2-6(11)8(9(7)12)10(14)15/h2-3,13H,4-5H2,1H3,(H,14,15). The highest BCUT2D eigenvalue weighted by molar-refractivity contribution is 7.91. The van der Waals surface area contributed by atoms with Crippen molar-refractivity contribution in [3.05, 3.63) is 27.7 Å². The molecule has 0 heterocycles. The van der Waals surface area contributed by atoms with Gasteiger partial charge < -0.3 is 5.11 Å². The zero-order valence-corrected chi connectivity index (χ0v) is 13.8. The zero-order valence-electron chi connectivity index (χ0n) is 10.6. The summed E-state index contributed by atoms with van der Waals surface area (Å²) in [6.07, 6.45) is 0.957. The smallest absolute Gasteiger partial charge is 0.338 e. The van der Waals surface area contributed by atoms with Gasteiger partial charge in [0.2, 0.25) is 10.0 Å². The van der Waals surface area contributed by atoms with E-state index in [9.17, 15) is 21.6 Å². The van der Waals surface area contributed by atoms with Gasteiger partial charge in [0, 0.05) is 12.8 Å². The van der Waals surface area contributed by atoms with Crippen LogP contribution in [0.15, 0.2) is 17.0 Å². The molecule has 0 saturated heterocycles. The van der Waals surface area contributed by atoms with E-state index in [0.717, 1.165) is 18.4 Å².